The second kappa shape index (κ2) is 8.09. The fourth-order valence-electron chi connectivity index (χ4n) is 1.80. The van der Waals surface area contributed by atoms with E-state index in [2.05, 4.69) is 9.71 Å². The van der Waals surface area contributed by atoms with E-state index < -0.39 is 22.6 Å². The van der Waals surface area contributed by atoms with Crippen LogP contribution in [0, 0.1) is 0 Å². The zero-order valence-corrected chi connectivity index (χ0v) is 14.1. The van der Waals surface area contributed by atoms with Gasteiger partial charge in [0.1, 0.15) is 0 Å². The molecule has 0 amide bonds. The Labute approximate surface area is 144 Å². The van der Waals surface area contributed by atoms with Crippen LogP contribution in [0.2, 0.25) is 5.02 Å². The molecule has 0 aliphatic carbocycles. The normalized spacial score (nSPS) is 11.2. The van der Waals surface area contributed by atoms with E-state index in [0.29, 0.717) is 10.7 Å². The van der Waals surface area contributed by atoms with Gasteiger partial charge in [-0.05, 0) is 30.3 Å². The van der Waals surface area contributed by atoms with Gasteiger partial charge < -0.3 is 9.72 Å². The molecule has 0 aliphatic rings. The number of carbonyl (C=O) groups excluding carboxylic acids is 2. The van der Waals surface area contributed by atoms with Gasteiger partial charge in [0.25, 0.3) is 0 Å². The van der Waals surface area contributed by atoms with E-state index in [1.54, 1.807) is 24.4 Å². The molecule has 9 heteroatoms. The van der Waals surface area contributed by atoms with Crippen molar-refractivity contribution in [1.29, 1.82) is 0 Å². The third kappa shape index (κ3) is 5.19. The van der Waals surface area contributed by atoms with Gasteiger partial charge in [0, 0.05) is 17.8 Å². The minimum absolute atomic E-state index is 0.00490. The van der Waals surface area contributed by atoms with Crippen LogP contribution >= 0.6 is 11.6 Å². The summed E-state index contributed by atoms with van der Waals surface area (Å²) in [5.41, 5.74) is 0.337. The van der Waals surface area contributed by atoms with Gasteiger partial charge in [0.05, 0.1) is 17.0 Å². The molecule has 0 saturated heterocycles. The van der Waals surface area contributed by atoms with E-state index in [1.807, 2.05) is 0 Å². The fourth-order valence-corrected chi connectivity index (χ4v) is 3.14. The lowest BCUT2D eigenvalue weighted by Gasteiger charge is -2.07. The molecule has 0 atom stereocenters. The highest BCUT2D eigenvalue weighted by Crippen LogP contribution is 2.15. The molecule has 0 aliphatic heterocycles. The van der Waals surface area contributed by atoms with E-state index in [-0.39, 0.29) is 23.6 Å². The Bertz CT molecular complexity index is 818. The van der Waals surface area contributed by atoms with Crippen LogP contribution in [0.5, 0.6) is 0 Å². The monoisotopic (exact) mass is 370 g/mol. The maximum Gasteiger partial charge on any atom is 0.307 e. The molecular weight excluding hydrogens is 356 g/mol. The molecule has 0 spiro atoms. The molecule has 2 aromatic rings. The Balaban J connectivity index is 1.77. The van der Waals surface area contributed by atoms with Crippen LogP contribution in [0.3, 0.4) is 0 Å². The molecule has 1 aromatic carbocycles. The van der Waals surface area contributed by atoms with E-state index in [0.717, 1.165) is 0 Å². The van der Waals surface area contributed by atoms with E-state index >= 15 is 0 Å². The number of ether oxygens (including phenoxy) is 1. The van der Waals surface area contributed by atoms with Crippen molar-refractivity contribution < 1.29 is 22.7 Å². The Morgan fingerprint density at radius 1 is 1.21 bits per heavy atom. The number of benzene rings is 1. The molecule has 2 rings (SSSR count). The van der Waals surface area contributed by atoms with Gasteiger partial charge in [-0.15, -0.1) is 0 Å². The molecule has 1 heterocycles. The number of hydrogen-bond donors (Lipinski definition) is 2. The molecule has 0 fully saturated rings. The van der Waals surface area contributed by atoms with Gasteiger partial charge in [0.2, 0.25) is 15.8 Å². The SMILES string of the molecule is O=C(CCNS(=O)(=O)c1cccc(Cl)c1)OCC(=O)c1ccc[nH]1. The number of Topliss-reactive ketones (excluding diaryl/α,β-unsaturated/α-hetero) is 1. The van der Waals surface area contributed by atoms with Gasteiger partial charge in [-0.3, -0.25) is 9.59 Å². The van der Waals surface area contributed by atoms with Crippen molar-refractivity contribution in [3.63, 3.8) is 0 Å². The molecule has 7 nitrogen and oxygen atoms in total. The van der Waals surface area contributed by atoms with Crippen molar-refractivity contribution in [3.05, 3.63) is 53.3 Å². The van der Waals surface area contributed by atoms with Crippen LogP contribution in [0.4, 0.5) is 0 Å². The maximum atomic E-state index is 12.0. The van der Waals surface area contributed by atoms with Gasteiger partial charge in [0.15, 0.2) is 6.61 Å². The van der Waals surface area contributed by atoms with Gasteiger partial charge in [-0.2, -0.15) is 0 Å². The number of ketones is 1. The maximum absolute atomic E-state index is 12.0. The molecule has 0 unspecified atom stereocenters. The topological polar surface area (TPSA) is 105 Å². The molecule has 128 valence electrons. The summed E-state index contributed by atoms with van der Waals surface area (Å²) < 4.78 is 31.1. The highest BCUT2D eigenvalue weighted by atomic mass is 35.5. The Kier molecular flexibility index (Phi) is 6.13. The lowest BCUT2D eigenvalue weighted by atomic mass is 10.3. The highest BCUT2D eigenvalue weighted by Gasteiger charge is 2.15. The van der Waals surface area contributed by atoms with Gasteiger partial charge >= 0.3 is 5.97 Å². The van der Waals surface area contributed by atoms with Crippen molar-refractivity contribution in [2.24, 2.45) is 0 Å². The summed E-state index contributed by atoms with van der Waals surface area (Å²) in [6.07, 6.45) is 1.39. The van der Waals surface area contributed by atoms with Crippen LogP contribution in [-0.2, 0) is 19.6 Å². The number of nitrogens with one attached hydrogen (secondary N) is 2. The number of halogens is 1. The summed E-state index contributed by atoms with van der Waals surface area (Å²) >= 11 is 5.75. The lowest BCUT2D eigenvalue weighted by Crippen LogP contribution is -2.27. The van der Waals surface area contributed by atoms with Crippen molar-refractivity contribution in [2.75, 3.05) is 13.2 Å². The predicted octanol–water partition coefficient (Wildman–Crippen LogP) is 1.76. The van der Waals surface area contributed by atoms with Gasteiger partial charge in [-0.25, -0.2) is 13.1 Å². The smallest absolute Gasteiger partial charge is 0.307 e. The van der Waals surface area contributed by atoms with Crippen LogP contribution in [0.1, 0.15) is 16.9 Å². The van der Waals surface area contributed by atoms with Crippen molar-refractivity contribution in [2.45, 2.75) is 11.3 Å². The first-order valence-electron chi connectivity index (χ1n) is 6.96. The summed E-state index contributed by atoms with van der Waals surface area (Å²) in [5, 5.41) is 0.292. The summed E-state index contributed by atoms with van der Waals surface area (Å²) in [5.74, 6) is -1.04. The molecular formula is C15H15ClN2O5S. The number of aromatic nitrogens is 1. The molecule has 1 aromatic heterocycles. The summed E-state index contributed by atoms with van der Waals surface area (Å²) in [7, 11) is -3.76. The molecule has 2 N–H and O–H groups in total. The zero-order chi connectivity index (χ0) is 17.6. The van der Waals surface area contributed by atoms with Crippen molar-refractivity contribution >= 4 is 33.4 Å². The molecule has 24 heavy (non-hydrogen) atoms. The Morgan fingerprint density at radius 2 is 2.00 bits per heavy atom. The number of carbonyl (C=O) groups is 2. The second-order valence-electron chi connectivity index (χ2n) is 4.77. The number of rotatable bonds is 8. The summed E-state index contributed by atoms with van der Waals surface area (Å²) in [4.78, 5) is 25.9. The quantitative estimate of drug-likeness (QED) is 0.544. The molecule has 0 bridgehead atoms. The van der Waals surface area contributed by atoms with Crippen molar-refractivity contribution in [1.82, 2.24) is 9.71 Å². The predicted molar refractivity (Wildman–Crippen MR) is 87.3 cm³/mol. The number of H-pyrrole nitrogens is 1. The van der Waals surface area contributed by atoms with Crippen LogP contribution < -0.4 is 4.72 Å². The minimum Gasteiger partial charge on any atom is -0.457 e. The minimum atomic E-state index is -3.76. The summed E-state index contributed by atoms with van der Waals surface area (Å²) in [6, 6.07) is 8.98. The number of hydrogen-bond acceptors (Lipinski definition) is 5. The van der Waals surface area contributed by atoms with E-state index in [1.165, 1.54) is 18.2 Å². The third-order valence-electron chi connectivity index (χ3n) is 2.99. The Hall–Kier alpha value is -2.16. The number of esters is 1. The van der Waals surface area contributed by atoms with Gasteiger partial charge in [-0.1, -0.05) is 17.7 Å². The third-order valence-corrected chi connectivity index (χ3v) is 4.68. The van der Waals surface area contributed by atoms with E-state index in [9.17, 15) is 18.0 Å². The average molecular weight is 371 g/mol. The second-order valence-corrected chi connectivity index (χ2v) is 6.98. The fraction of sp³-hybridized carbons (Fsp3) is 0.200. The lowest BCUT2D eigenvalue weighted by molar-refractivity contribution is -0.142. The molecule has 0 radical (unpaired) electrons. The Morgan fingerprint density at radius 3 is 2.67 bits per heavy atom. The first-order chi connectivity index (χ1) is 11.4. The van der Waals surface area contributed by atoms with Crippen molar-refractivity contribution in [3.8, 4) is 0 Å². The first kappa shape index (κ1) is 18.2. The first-order valence-corrected chi connectivity index (χ1v) is 8.82. The standard InChI is InChI=1S/C15H15ClN2O5S/c16-11-3-1-4-12(9-11)24(21,22)18-8-6-15(20)23-10-14(19)13-5-2-7-17-13/h1-5,7,9,17-18H,6,8,10H2. The van der Waals surface area contributed by atoms with Crippen LogP contribution in [0.25, 0.3) is 0 Å². The molecule has 0 saturated carbocycles. The van der Waals surface area contributed by atoms with Crippen LogP contribution in [-0.4, -0.2) is 38.3 Å². The summed E-state index contributed by atoms with van der Waals surface area (Å²) in [6.45, 7) is -0.551. The largest absolute Gasteiger partial charge is 0.457 e. The van der Waals surface area contributed by atoms with E-state index in [4.69, 9.17) is 16.3 Å². The highest BCUT2D eigenvalue weighted by molar-refractivity contribution is 7.89. The van der Waals surface area contributed by atoms with Crippen LogP contribution in [0.15, 0.2) is 47.5 Å². The number of aromatic amines is 1. The number of sulfonamides is 1. The average Bonchev–Trinajstić information content (AvgIpc) is 3.07. The zero-order valence-electron chi connectivity index (χ0n) is 12.5.